The van der Waals surface area contributed by atoms with Crippen LogP contribution >= 0.6 is 0 Å². The van der Waals surface area contributed by atoms with E-state index in [9.17, 15) is 0 Å². The lowest BCUT2D eigenvalue weighted by atomic mass is 9.99. The van der Waals surface area contributed by atoms with Crippen LogP contribution in [0.1, 0.15) is 38.2 Å². The maximum Gasteiger partial charge on any atom is 0.0168 e. The lowest BCUT2D eigenvalue weighted by molar-refractivity contribution is 0.143. The fourth-order valence-electron chi connectivity index (χ4n) is 2.81. The van der Waals surface area contributed by atoms with Crippen molar-refractivity contribution in [1.29, 1.82) is 0 Å². The highest BCUT2D eigenvalue weighted by Crippen LogP contribution is 2.16. The molecule has 2 nitrogen and oxygen atoms in total. The summed E-state index contributed by atoms with van der Waals surface area (Å²) >= 11 is 0. The van der Waals surface area contributed by atoms with Crippen molar-refractivity contribution in [3.8, 4) is 0 Å². The first-order chi connectivity index (χ1) is 8.75. The van der Waals surface area contributed by atoms with Crippen LogP contribution in [0.15, 0.2) is 30.3 Å². The summed E-state index contributed by atoms with van der Waals surface area (Å²) in [7, 11) is 0. The molecule has 2 unspecified atom stereocenters. The van der Waals surface area contributed by atoms with Crippen molar-refractivity contribution >= 4 is 0 Å². The van der Waals surface area contributed by atoms with Crippen LogP contribution in [0.5, 0.6) is 0 Å². The van der Waals surface area contributed by atoms with Gasteiger partial charge in [-0.3, -0.25) is 4.90 Å². The lowest BCUT2D eigenvalue weighted by Gasteiger charge is -2.36. The first kappa shape index (κ1) is 13.6. The molecule has 1 fully saturated rings. The van der Waals surface area contributed by atoms with Crippen LogP contribution in [0, 0.1) is 0 Å². The Hall–Kier alpha value is -0.860. The number of nitrogens with two attached hydrogens (primary N) is 1. The van der Waals surface area contributed by atoms with Crippen molar-refractivity contribution in [2.24, 2.45) is 5.73 Å². The summed E-state index contributed by atoms with van der Waals surface area (Å²) in [6, 6.07) is 11.9. The molecule has 1 saturated heterocycles. The third kappa shape index (κ3) is 4.11. The number of rotatable bonds is 5. The Balaban J connectivity index is 1.66. The average Bonchev–Trinajstić information content (AvgIpc) is 2.40. The molecule has 2 rings (SSSR count). The minimum absolute atomic E-state index is 0.398. The number of likely N-dealkylation sites (tertiary alicyclic amines) is 1. The summed E-state index contributed by atoms with van der Waals surface area (Å²) in [4.78, 5) is 2.57. The molecule has 100 valence electrons. The topological polar surface area (TPSA) is 29.3 Å². The molecule has 2 heteroatoms. The molecule has 1 heterocycles. The molecule has 1 aliphatic rings. The van der Waals surface area contributed by atoms with Crippen molar-refractivity contribution in [2.45, 2.75) is 51.1 Å². The minimum Gasteiger partial charge on any atom is -0.327 e. The van der Waals surface area contributed by atoms with Crippen LogP contribution in [-0.4, -0.2) is 30.1 Å². The molecule has 0 spiro atoms. The highest BCUT2D eigenvalue weighted by Gasteiger charge is 2.22. The second-order valence-electron chi connectivity index (χ2n) is 5.62. The van der Waals surface area contributed by atoms with Gasteiger partial charge in [-0.05, 0) is 51.1 Å². The SMILES string of the molecule is CC1CCC(N)CN1CCCCc1ccccc1. The largest absolute Gasteiger partial charge is 0.327 e. The van der Waals surface area contributed by atoms with E-state index in [1.807, 2.05) is 0 Å². The second-order valence-corrected chi connectivity index (χ2v) is 5.62. The molecule has 1 aromatic carbocycles. The molecule has 0 bridgehead atoms. The molecule has 0 aliphatic carbocycles. The number of piperidine rings is 1. The number of benzene rings is 1. The second kappa shape index (κ2) is 6.91. The zero-order valence-electron chi connectivity index (χ0n) is 11.5. The van der Waals surface area contributed by atoms with E-state index < -0.39 is 0 Å². The van der Waals surface area contributed by atoms with Gasteiger partial charge in [0.1, 0.15) is 0 Å². The first-order valence-electron chi connectivity index (χ1n) is 7.29. The molecule has 0 amide bonds. The van der Waals surface area contributed by atoms with E-state index in [2.05, 4.69) is 42.2 Å². The highest BCUT2D eigenvalue weighted by atomic mass is 15.2. The lowest BCUT2D eigenvalue weighted by Crippen LogP contribution is -2.47. The van der Waals surface area contributed by atoms with E-state index in [4.69, 9.17) is 5.73 Å². The third-order valence-corrected chi connectivity index (χ3v) is 4.05. The molecule has 1 aliphatic heterocycles. The normalized spacial score (nSPS) is 25.2. The van der Waals surface area contributed by atoms with Crippen molar-refractivity contribution in [3.05, 3.63) is 35.9 Å². The van der Waals surface area contributed by atoms with Crippen molar-refractivity contribution in [3.63, 3.8) is 0 Å². The average molecular weight is 246 g/mol. The molecule has 2 N–H and O–H groups in total. The minimum atomic E-state index is 0.398. The summed E-state index contributed by atoms with van der Waals surface area (Å²) in [5.74, 6) is 0. The Morgan fingerprint density at radius 1 is 1.17 bits per heavy atom. The van der Waals surface area contributed by atoms with Gasteiger partial charge in [-0.1, -0.05) is 30.3 Å². The van der Waals surface area contributed by atoms with E-state index in [1.54, 1.807) is 0 Å². The van der Waals surface area contributed by atoms with E-state index in [0.29, 0.717) is 6.04 Å². The summed E-state index contributed by atoms with van der Waals surface area (Å²) in [5, 5.41) is 0. The van der Waals surface area contributed by atoms with Gasteiger partial charge in [0.25, 0.3) is 0 Å². The van der Waals surface area contributed by atoms with Crippen LogP contribution < -0.4 is 5.73 Å². The molecule has 0 radical (unpaired) electrons. The van der Waals surface area contributed by atoms with Crippen LogP contribution in [0.3, 0.4) is 0 Å². The van der Waals surface area contributed by atoms with Crippen LogP contribution in [0.25, 0.3) is 0 Å². The number of aryl methyl sites for hydroxylation is 1. The molecular formula is C16H26N2. The van der Waals surface area contributed by atoms with Gasteiger partial charge in [0.05, 0.1) is 0 Å². The maximum atomic E-state index is 6.04. The third-order valence-electron chi connectivity index (χ3n) is 4.05. The predicted molar refractivity (Wildman–Crippen MR) is 77.6 cm³/mol. The van der Waals surface area contributed by atoms with E-state index in [1.165, 1.54) is 44.2 Å². The quantitative estimate of drug-likeness (QED) is 0.810. The Kier molecular flexibility index (Phi) is 5.21. The van der Waals surface area contributed by atoms with E-state index >= 15 is 0 Å². The molecular weight excluding hydrogens is 220 g/mol. The maximum absolute atomic E-state index is 6.04. The molecule has 0 aromatic heterocycles. The van der Waals surface area contributed by atoms with Gasteiger partial charge >= 0.3 is 0 Å². The highest BCUT2D eigenvalue weighted by molar-refractivity contribution is 5.14. The van der Waals surface area contributed by atoms with Gasteiger partial charge in [0, 0.05) is 18.6 Å². The van der Waals surface area contributed by atoms with Crippen LogP contribution in [-0.2, 0) is 6.42 Å². The van der Waals surface area contributed by atoms with E-state index in [0.717, 1.165) is 12.6 Å². The number of hydrogen-bond acceptors (Lipinski definition) is 2. The Morgan fingerprint density at radius 3 is 2.72 bits per heavy atom. The fourth-order valence-corrected chi connectivity index (χ4v) is 2.81. The van der Waals surface area contributed by atoms with Gasteiger partial charge in [-0.15, -0.1) is 0 Å². The van der Waals surface area contributed by atoms with Gasteiger partial charge in [0.2, 0.25) is 0 Å². The smallest absolute Gasteiger partial charge is 0.0168 e. The number of nitrogens with zero attached hydrogens (tertiary/aromatic N) is 1. The van der Waals surface area contributed by atoms with Gasteiger partial charge in [-0.25, -0.2) is 0 Å². The summed E-state index contributed by atoms with van der Waals surface area (Å²) in [5.41, 5.74) is 7.50. The van der Waals surface area contributed by atoms with Gasteiger partial charge < -0.3 is 5.73 Å². The van der Waals surface area contributed by atoms with Crippen LogP contribution in [0.2, 0.25) is 0 Å². The monoisotopic (exact) mass is 246 g/mol. The van der Waals surface area contributed by atoms with Crippen molar-refractivity contribution < 1.29 is 0 Å². The summed E-state index contributed by atoms with van der Waals surface area (Å²) in [6.45, 7) is 4.64. The molecule has 2 atom stereocenters. The molecule has 1 aromatic rings. The van der Waals surface area contributed by atoms with Crippen LogP contribution in [0.4, 0.5) is 0 Å². The van der Waals surface area contributed by atoms with Gasteiger partial charge in [-0.2, -0.15) is 0 Å². The van der Waals surface area contributed by atoms with Crippen molar-refractivity contribution in [2.75, 3.05) is 13.1 Å². The predicted octanol–water partition coefficient (Wildman–Crippen LogP) is 2.82. The van der Waals surface area contributed by atoms with Gasteiger partial charge in [0.15, 0.2) is 0 Å². The summed E-state index contributed by atoms with van der Waals surface area (Å²) in [6.07, 6.45) is 6.23. The Bertz CT molecular complexity index is 336. The Labute approximate surface area is 111 Å². The van der Waals surface area contributed by atoms with E-state index in [-0.39, 0.29) is 0 Å². The zero-order valence-corrected chi connectivity index (χ0v) is 11.5. The first-order valence-corrected chi connectivity index (χ1v) is 7.29. The Morgan fingerprint density at radius 2 is 1.94 bits per heavy atom. The molecule has 0 saturated carbocycles. The molecule has 18 heavy (non-hydrogen) atoms. The standard InChI is InChI=1S/C16H26N2/c1-14-10-11-16(17)13-18(14)12-6-5-9-15-7-3-2-4-8-15/h2-4,7-8,14,16H,5-6,9-13,17H2,1H3. The number of unbranched alkanes of at least 4 members (excludes halogenated alkanes) is 1. The summed E-state index contributed by atoms with van der Waals surface area (Å²) < 4.78 is 0. The van der Waals surface area contributed by atoms with Crippen molar-refractivity contribution in [1.82, 2.24) is 4.90 Å². The fraction of sp³-hybridized carbons (Fsp3) is 0.625. The number of hydrogen-bond donors (Lipinski definition) is 1. The zero-order chi connectivity index (χ0) is 12.8.